The summed E-state index contributed by atoms with van der Waals surface area (Å²) in [6, 6.07) is 0.0691. The fourth-order valence-corrected chi connectivity index (χ4v) is 1.81. The van der Waals surface area contributed by atoms with E-state index in [2.05, 4.69) is 0 Å². The summed E-state index contributed by atoms with van der Waals surface area (Å²) in [5, 5.41) is 9.12. The van der Waals surface area contributed by atoms with Gasteiger partial charge in [0, 0.05) is 13.0 Å². The zero-order valence-corrected chi connectivity index (χ0v) is 7.79. The van der Waals surface area contributed by atoms with Gasteiger partial charge in [0.05, 0.1) is 12.1 Å². The van der Waals surface area contributed by atoms with Crippen LogP contribution in [0, 0.1) is 0 Å². The molecular weight excluding hydrogens is 154 g/mol. The van der Waals surface area contributed by atoms with E-state index in [0.29, 0.717) is 12.3 Å². The van der Waals surface area contributed by atoms with Crippen molar-refractivity contribution in [2.45, 2.75) is 38.3 Å². The van der Waals surface area contributed by atoms with Crippen molar-refractivity contribution in [2.75, 3.05) is 13.6 Å². The van der Waals surface area contributed by atoms with Crippen molar-refractivity contribution >= 4 is 5.78 Å². The number of hydrogen-bond acceptors (Lipinski definition) is 3. The Labute approximate surface area is 73.4 Å². The maximum absolute atomic E-state index is 11.3. The first kappa shape index (κ1) is 9.68. The Morgan fingerprint density at radius 2 is 2.42 bits per heavy atom. The first-order chi connectivity index (χ1) is 5.61. The van der Waals surface area contributed by atoms with Crippen LogP contribution in [0.5, 0.6) is 0 Å². The number of nitrogens with zero attached hydrogens (tertiary/aromatic N) is 1. The fraction of sp³-hybridized carbons (Fsp3) is 0.889. The molecule has 3 heteroatoms. The molecule has 0 spiro atoms. The van der Waals surface area contributed by atoms with Crippen LogP contribution in [-0.4, -0.2) is 41.5 Å². The molecule has 0 heterocycles. The van der Waals surface area contributed by atoms with Crippen molar-refractivity contribution in [2.24, 2.45) is 0 Å². The molecule has 1 rings (SSSR count). The van der Waals surface area contributed by atoms with E-state index < -0.39 is 0 Å². The summed E-state index contributed by atoms with van der Waals surface area (Å²) in [5.74, 6) is 0.332. The summed E-state index contributed by atoms with van der Waals surface area (Å²) in [4.78, 5) is 13.2. The Bertz CT molecular complexity index is 168. The van der Waals surface area contributed by atoms with Crippen LogP contribution < -0.4 is 0 Å². The molecule has 1 N–H and O–H groups in total. The van der Waals surface area contributed by atoms with Gasteiger partial charge in [0.25, 0.3) is 0 Å². The van der Waals surface area contributed by atoms with Gasteiger partial charge < -0.3 is 5.11 Å². The minimum atomic E-state index is -0.344. The average molecular weight is 171 g/mol. The highest BCUT2D eigenvalue weighted by Gasteiger charge is 2.28. The molecule has 1 aliphatic carbocycles. The van der Waals surface area contributed by atoms with E-state index in [-0.39, 0.29) is 12.1 Å². The fourth-order valence-electron chi connectivity index (χ4n) is 1.81. The first-order valence-electron chi connectivity index (χ1n) is 4.52. The maximum Gasteiger partial charge on any atom is 0.149 e. The highest BCUT2D eigenvalue weighted by Crippen LogP contribution is 2.18. The van der Waals surface area contributed by atoms with E-state index in [9.17, 15) is 4.79 Å². The maximum atomic E-state index is 11.3. The molecule has 0 radical (unpaired) electrons. The minimum absolute atomic E-state index is 0.0691. The highest BCUT2D eigenvalue weighted by atomic mass is 16.3. The topological polar surface area (TPSA) is 40.5 Å². The average Bonchev–Trinajstić information content (AvgIpc) is 2.33. The second-order valence-corrected chi connectivity index (χ2v) is 3.66. The van der Waals surface area contributed by atoms with Crippen LogP contribution in [0.15, 0.2) is 0 Å². The van der Waals surface area contributed by atoms with Crippen LogP contribution in [-0.2, 0) is 4.79 Å². The lowest BCUT2D eigenvalue weighted by Gasteiger charge is -2.23. The van der Waals surface area contributed by atoms with Gasteiger partial charge in [-0.3, -0.25) is 9.69 Å². The van der Waals surface area contributed by atoms with Crippen molar-refractivity contribution < 1.29 is 9.90 Å². The van der Waals surface area contributed by atoms with E-state index in [0.717, 1.165) is 19.3 Å². The van der Waals surface area contributed by atoms with Gasteiger partial charge in [-0.05, 0) is 26.8 Å². The molecular formula is C9H17NO2. The molecule has 0 bridgehead atoms. The lowest BCUT2D eigenvalue weighted by molar-refractivity contribution is -0.121. The summed E-state index contributed by atoms with van der Waals surface area (Å²) in [5.41, 5.74) is 0. The van der Waals surface area contributed by atoms with Crippen LogP contribution in [0.4, 0.5) is 0 Å². The van der Waals surface area contributed by atoms with E-state index in [1.165, 1.54) is 0 Å². The molecule has 0 aliphatic heterocycles. The van der Waals surface area contributed by atoms with Crippen LogP contribution in [0.3, 0.4) is 0 Å². The number of rotatable bonds is 3. The zero-order chi connectivity index (χ0) is 9.14. The summed E-state index contributed by atoms with van der Waals surface area (Å²) in [7, 11) is 1.90. The summed E-state index contributed by atoms with van der Waals surface area (Å²) in [6.45, 7) is 2.34. The first-order valence-corrected chi connectivity index (χ1v) is 4.52. The Morgan fingerprint density at radius 3 is 2.83 bits per heavy atom. The van der Waals surface area contributed by atoms with Crippen LogP contribution in [0.25, 0.3) is 0 Å². The van der Waals surface area contributed by atoms with E-state index in [1.54, 1.807) is 6.92 Å². The molecule has 1 aliphatic rings. The zero-order valence-electron chi connectivity index (χ0n) is 7.79. The number of aliphatic hydroxyl groups excluding tert-OH is 1. The Balaban J connectivity index is 2.40. The van der Waals surface area contributed by atoms with Crippen molar-refractivity contribution in [1.29, 1.82) is 0 Å². The number of carbonyl (C=O) groups is 1. The van der Waals surface area contributed by atoms with Gasteiger partial charge in [-0.25, -0.2) is 0 Å². The van der Waals surface area contributed by atoms with Gasteiger partial charge >= 0.3 is 0 Å². The summed E-state index contributed by atoms with van der Waals surface area (Å²) < 4.78 is 0. The lowest BCUT2D eigenvalue weighted by atomic mass is 10.2. The molecule has 0 amide bonds. The third-order valence-electron chi connectivity index (χ3n) is 2.36. The second kappa shape index (κ2) is 4.01. The van der Waals surface area contributed by atoms with Gasteiger partial charge in [0.1, 0.15) is 5.78 Å². The second-order valence-electron chi connectivity index (χ2n) is 3.66. The Kier molecular flexibility index (Phi) is 3.23. The van der Waals surface area contributed by atoms with Crippen LogP contribution in [0.1, 0.15) is 26.2 Å². The van der Waals surface area contributed by atoms with Crippen molar-refractivity contribution in [3.05, 3.63) is 0 Å². The third-order valence-corrected chi connectivity index (χ3v) is 2.36. The number of likely N-dealkylation sites (N-methyl/N-ethyl adjacent to an activating group) is 1. The van der Waals surface area contributed by atoms with Crippen molar-refractivity contribution in [1.82, 2.24) is 4.90 Å². The number of ketones is 1. The summed E-state index contributed by atoms with van der Waals surface area (Å²) in [6.07, 6.45) is 2.34. The van der Waals surface area contributed by atoms with Crippen LogP contribution >= 0.6 is 0 Å². The third kappa shape index (κ3) is 2.29. The molecule has 2 atom stereocenters. The number of Topliss-reactive ketones (excluding diaryl/α,β-unsaturated/α-hetero) is 1. The highest BCUT2D eigenvalue weighted by molar-refractivity contribution is 5.85. The van der Waals surface area contributed by atoms with Crippen molar-refractivity contribution in [3.63, 3.8) is 0 Å². The quantitative estimate of drug-likeness (QED) is 0.669. The number of aliphatic hydroxyl groups is 1. The largest absolute Gasteiger partial charge is 0.392 e. The van der Waals surface area contributed by atoms with Gasteiger partial charge in [-0.2, -0.15) is 0 Å². The Morgan fingerprint density at radius 1 is 1.75 bits per heavy atom. The lowest BCUT2D eigenvalue weighted by Crippen LogP contribution is -2.39. The van der Waals surface area contributed by atoms with Crippen LogP contribution in [0.2, 0.25) is 0 Å². The van der Waals surface area contributed by atoms with Gasteiger partial charge in [0.15, 0.2) is 0 Å². The van der Waals surface area contributed by atoms with E-state index in [4.69, 9.17) is 5.11 Å². The van der Waals surface area contributed by atoms with E-state index >= 15 is 0 Å². The smallest absolute Gasteiger partial charge is 0.149 e. The molecule has 2 unspecified atom stereocenters. The predicted molar refractivity (Wildman–Crippen MR) is 47.0 cm³/mol. The molecule has 0 aromatic rings. The van der Waals surface area contributed by atoms with E-state index in [1.807, 2.05) is 11.9 Å². The minimum Gasteiger partial charge on any atom is -0.392 e. The standard InChI is InChI=1S/C9H17NO2/c1-7(11)6-10(2)8-4-3-5-9(8)12/h7-8,11H,3-6H2,1-2H3. The molecule has 3 nitrogen and oxygen atoms in total. The number of carbonyl (C=O) groups excluding carboxylic acids is 1. The molecule has 0 aromatic heterocycles. The molecule has 1 fully saturated rings. The SMILES string of the molecule is CC(O)CN(C)C1CCCC1=O. The molecule has 0 saturated heterocycles. The normalized spacial score (nSPS) is 26.7. The predicted octanol–water partition coefficient (Wildman–Crippen LogP) is 0.421. The van der Waals surface area contributed by atoms with Gasteiger partial charge in [0.2, 0.25) is 0 Å². The molecule has 70 valence electrons. The van der Waals surface area contributed by atoms with Gasteiger partial charge in [-0.1, -0.05) is 0 Å². The monoisotopic (exact) mass is 171 g/mol. The molecule has 1 saturated carbocycles. The van der Waals surface area contributed by atoms with Crippen molar-refractivity contribution in [3.8, 4) is 0 Å². The summed E-state index contributed by atoms with van der Waals surface area (Å²) >= 11 is 0. The Hall–Kier alpha value is -0.410. The van der Waals surface area contributed by atoms with Gasteiger partial charge in [-0.15, -0.1) is 0 Å². The molecule has 0 aromatic carbocycles. The molecule has 12 heavy (non-hydrogen) atoms. The number of hydrogen-bond donors (Lipinski definition) is 1.